The second kappa shape index (κ2) is 12.9. The van der Waals surface area contributed by atoms with Crippen LogP contribution < -0.4 is 9.47 Å². The molecule has 2 aliphatic rings. The Morgan fingerprint density at radius 3 is 2.00 bits per heavy atom. The van der Waals surface area contributed by atoms with Crippen molar-refractivity contribution < 1.29 is 27.0 Å². The van der Waals surface area contributed by atoms with E-state index in [9.17, 15) is 17.6 Å². The minimum Gasteiger partial charge on any atom is -0.493 e. The van der Waals surface area contributed by atoms with E-state index in [0.29, 0.717) is 12.5 Å². The first-order valence-electron chi connectivity index (χ1n) is 13.0. The van der Waals surface area contributed by atoms with E-state index in [4.69, 9.17) is 4.74 Å². The van der Waals surface area contributed by atoms with Crippen molar-refractivity contribution in [1.29, 1.82) is 0 Å². The van der Waals surface area contributed by atoms with Gasteiger partial charge in [0.2, 0.25) is 0 Å². The summed E-state index contributed by atoms with van der Waals surface area (Å²) >= 11 is 0. The highest BCUT2D eigenvalue weighted by Gasteiger charge is 2.33. The number of benzene rings is 1. The molecule has 2 fully saturated rings. The van der Waals surface area contributed by atoms with E-state index in [1.54, 1.807) is 0 Å². The highest BCUT2D eigenvalue weighted by Crippen LogP contribution is 2.42. The van der Waals surface area contributed by atoms with E-state index in [-0.39, 0.29) is 5.75 Å². The molecule has 0 N–H and O–H groups in total. The summed E-state index contributed by atoms with van der Waals surface area (Å²) in [6, 6.07) is 3.27. The lowest BCUT2D eigenvalue weighted by molar-refractivity contribution is -0.275. The molecule has 2 aliphatic carbocycles. The monoisotopic (exact) mass is 472 g/mol. The summed E-state index contributed by atoms with van der Waals surface area (Å²) in [6.07, 6.45) is 13.7. The zero-order valence-corrected chi connectivity index (χ0v) is 20.0. The van der Waals surface area contributed by atoms with Crippen molar-refractivity contribution in [3.8, 4) is 11.5 Å². The van der Waals surface area contributed by atoms with Gasteiger partial charge in [-0.05, 0) is 74.3 Å². The summed E-state index contributed by atoms with van der Waals surface area (Å²) in [5, 5.41) is 0. The molecule has 1 aromatic carbocycles. The minimum absolute atomic E-state index is 0.247. The lowest BCUT2D eigenvalue weighted by Gasteiger charge is -2.38. The van der Waals surface area contributed by atoms with Crippen molar-refractivity contribution in [3.05, 3.63) is 24.0 Å². The SMILES string of the molecule is CCCCCCC[C@H]1CC[C@H](C2CCC(COc3ccc(OC(F)(F)F)c(F)c3)CC2)CC1. The molecule has 2 nitrogen and oxygen atoms in total. The van der Waals surface area contributed by atoms with Gasteiger partial charge in [-0.1, -0.05) is 58.3 Å². The zero-order chi connectivity index (χ0) is 23.7. The molecule has 0 atom stereocenters. The fraction of sp³-hybridized carbons (Fsp3) is 0.778. The van der Waals surface area contributed by atoms with Crippen molar-refractivity contribution in [1.82, 2.24) is 0 Å². The molecule has 2 saturated carbocycles. The lowest BCUT2D eigenvalue weighted by atomic mass is 9.69. The van der Waals surface area contributed by atoms with Gasteiger partial charge in [-0.25, -0.2) is 4.39 Å². The lowest BCUT2D eigenvalue weighted by Crippen LogP contribution is -2.27. The van der Waals surface area contributed by atoms with Crippen LogP contribution in [0.2, 0.25) is 0 Å². The van der Waals surface area contributed by atoms with Crippen LogP contribution in [-0.4, -0.2) is 13.0 Å². The predicted molar refractivity (Wildman–Crippen MR) is 123 cm³/mol. The van der Waals surface area contributed by atoms with E-state index >= 15 is 0 Å². The third-order valence-corrected chi connectivity index (χ3v) is 7.78. The molecule has 0 unspecified atom stereocenters. The number of hydrogen-bond acceptors (Lipinski definition) is 2. The van der Waals surface area contributed by atoms with Crippen LogP contribution in [0.15, 0.2) is 18.2 Å². The maximum Gasteiger partial charge on any atom is 0.573 e. The van der Waals surface area contributed by atoms with Crippen molar-refractivity contribution in [2.45, 2.75) is 103 Å². The zero-order valence-electron chi connectivity index (χ0n) is 20.0. The van der Waals surface area contributed by atoms with Crippen LogP contribution in [0.4, 0.5) is 17.6 Å². The van der Waals surface area contributed by atoms with Crippen LogP contribution >= 0.6 is 0 Å². The van der Waals surface area contributed by atoms with Gasteiger partial charge in [-0.15, -0.1) is 13.2 Å². The highest BCUT2D eigenvalue weighted by molar-refractivity contribution is 5.33. The number of ether oxygens (including phenoxy) is 2. The maximum absolute atomic E-state index is 13.8. The topological polar surface area (TPSA) is 18.5 Å². The first-order valence-corrected chi connectivity index (χ1v) is 13.0. The van der Waals surface area contributed by atoms with Crippen LogP contribution in [0.3, 0.4) is 0 Å². The number of hydrogen-bond donors (Lipinski definition) is 0. The number of rotatable bonds is 11. The summed E-state index contributed by atoms with van der Waals surface area (Å²) in [4.78, 5) is 0. The van der Waals surface area contributed by atoms with Gasteiger partial charge in [0.1, 0.15) is 5.75 Å². The van der Waals surface area contributed by atoms with Crippen molar-refractivity contribution in [3.63, 3.8) is 0 Å². The molecular formula is C27H40F4O2. The molecule has 188 valence electrons. The van der Waals surface area contributed by atoms with Crippen molar-refractivity contribution >= 4 is 0 Å². The number of alkyl halides is 3. The van der Waals surface area contributed by atoms with Crippen LogP contribution in [0.25, 0.3) is 0 Å². The predicted octanol–water partition coefficient (Wildman–Crippen LogP) is 9.08. The molecule has 0 saturated heterocycles. The van der Waals surface area contributed by atoms with Gasteiger partial charge in [0, 0.05) is 6.07 Å². The third kappa shape index (κ3) is 9.01. The Morgan fingerprint density at radius 2 is 1.42 bits per heavy atom. The van der Waals surface area contributed by atoms with Crippen LogP contribution in [0.5, 0.6) is 11.5 Å². The Labute approximate surface area is 196 Å². The molecule has 6 heteroatoms. The molecule has 0 aromatic heterocycles. The van der Waals surface area contributed by atoms with Crippen molar-refractivity contribution in [2.75, 3.05) is 6.61 Å². The summed E-state index contributed by atoms with van der Waals surface area (Å²) in [5.74, 6) is 1.42. The van der Waals surface area contributed by atoms with Crippen LogP contribution in [0.1, 0.15) is 96.8 Å². The van der Waals surface area contributed by atoms with E-state index < -0.39 is 17.9 Å². The fourth-order valence-electron chi connectivity index (χ4n) is 5.80. The average molecular weight is 473 g/mol. The van der Waals surface area contributed by atoms with E-state index in [1.807, 2.05) is 0 Å². The Kier molecular flexibility index (Phi) is 10.2. The molecule has 33 heavy (non-hydrogen) atoms. The molecule has 0 spiro atoms. The highest BCUT2D eigenvalue weighted by atomic mass is 19.4. The molecular weight excluding hydrogens is 432 g/mol. The van der Waals surface area contributed by atoms with Gasteiger partial charge in [0.05, 0.1) is 6.61 Å². The average Bonchev–Trinajstić information content (AvgIpc) is 2.79. The number of halogens is 4. The van der Waals surface area contributed by atoms with E-state index in [1.165, 1.54) is 83.1 Å². The molecule has 0 radical (unpaired) electrons. The van der Waals surface area contributed by atoms with E-state index in [2.05, 4.69) is 11.7 Å². The fourth-order valence-corrected chi connectivity index (χ4v) is 5.80. The standard InChI is InChI=1S/C27H40F4O2/c1-2-3-4-5-6-7-20-8-12-22(13-9-20)23-14-10-21(11-15-23)19-32-24-16-17-26(25(28)18-24)33-27(29,30)31/h16-18,20-23H,2-15,19H2,1H3/t20-,21?,22-,23?. The second-order valence-corrected chi connectivity index (χ2v) is 10.2. The minimum atomic E-state index is -4.91. The van der Waals surface area contributed by atoms with Gasteiger partial charge in [-0.2, -0.15) is 0 Å². The second-order valence-electron chi connectivity index (χ2n) is 10.2. The summed E-state index contributed by atoms with van der Waals surface area (Å²) in [5.41, 5.74) is 0. The largest absolute Gasteiger partial charge is 0.573 e. The summed E-state index contributed by atoms with van der Waals surface area (Å²) < 4.78 is 60.0. The Balaban J connectivity index is 1.32. The number of unbranched alkanes of at least 4 members (excludes halogenated alkanes) is 4. The van der Waals surface area contributed by atoms with Crippen LogP contribution in [-0.2, 0) is 0 Å². The molecule has 3 rings (SSSR count). The first-order chi connectivity index (χ1) is 15.8. The normalized spacial score (nSPS) is 26.2. The molecule has 0 aliphatic heterocycles. The third-order valence-electron chi connectivity index (χ3n) is 7.78. The van der Waals surface area contributed by atoms with Gasteiger partial charge in [0.15, 0.2) is 11.6 Å². The Bertz CT molecular complexity index is 690. The maximum atomic E-state index is 13.8. The summed E-state index contributed by atoms with van der Waals surface area (Å²) in [6.45, 7) is 2.75. The van der Waals surface area contributed by atoms with Gasteiger partial charge in [-0.3, -0.25) is 0 Å². The first kappa shape index (κ1) is 26.2. The van der Waals surface area contributed by atoms with Gasteiger partial charge < -0.3 is 9.47 Å². The molecule has 1 aromatic rings. The molecule has 0 bridgehead atoms. The smallest absolute Gasteiger partial charge is 0.493 e. The quantitative estimate of drug-likeness (QED) is 0.236. The van der Waals surface area contributed by atoms with Gasteiger partial charge >= 0.3 is 6.36 Å². The Morgan fingerprint density at radius 1 is 0.818 bits per heavy atom. The Hall–Kier alpha value is -1.46. The van der Waals surface area contributed by atoms with E-state index in [0.717, 1.165) is 42.7 Å². The summed E-state index contributed by atoms with van der Waals surface area (Å²) in [7, 11) is 0. The molecule has 0 amide bonds. The molecule has 0 heterocycles. The van der Waals surface area contributed by atoms with Crippen LogP contribution in [0, 0.1) is 29.5 Å². The van der Waals surface area contributed by atoms with Gasteiger partial charge in [0.25, 0.3) is 0 Å². The van der Waals surface area contributed by atoms with Crippen molar-refractivity contribution in [2.24, 2.45) is 23.7 Å².